The molecule has 0 aliphatic heterocycles. The number of aliphatic carboxylic acids is 1. The lowest BCUT2D eigenvalue weighted by molar-refractivity contribution is -0.150. The molecule has 1 atom stereocenters. The molecule has 0 radical (unpaired) electrons. The molecule has 0 aromatic heterocycles. The molecule has 0 aromatic rings. The Labute approximate surface area is 116 Å². The van der Waals surface area contributed by atoms with Crippen LogP contribution in [0.4, 0.5) is 0 Å². The van der Waals surface area contributed by atoms with E-state index < -0.39 is 11.4 Å². The van der Waals surface area contributed by atoms with Gasteiger partial charge in [-0.15, -0.1) is 0 Å². The van der Waals surface area contributed by atoms with Gasteiger partial charge in [-0.1, -0.05) is 33.1 Å². The third kappa shape index (κ3) is 8.62. The van der Waals surface area contributed by atoms with Crippen LogP contribution in [0, 0.1) is 11.3 Å². The average molecular weight is 272 g/mol. The van der Waals surface area contributed by atoms with Gasteiger partial charge in [-0.05, 0) is 32.6 Å². The maximum Gasteiger partial charge on any atom is 0.309 e. The first kappa shape index (κ1) is 17.9. The molecule has 0 fully saturated rings. The molecule has 112 valence electrons. The molecule has 0 saturated heterocycles. The third-order valence-corrected chi connectivity index (χ3v) is 3.21. The summed E-state index contributed by atoms with van der Waals surface area (Å²) < 4.78 is 5.15. The largest absolute Gasteiger partial charge is 0.481 e. The van der Waals surface area contributed by atoms with Gasteiger partial charge in [0.2, 0.25) is 0 Å². The van der Waals surface area contributed by atoms with Crippen molar-refractivity contribution in [3.63, 3.8) is 0 Å². The number of rotatable bonds is 10. The Morgan fingerprint density at radius 1 is 1.21 bits per heavy atom. The van der Waals surface area contributed by atoms with Gasteiger partial charge in [-0.3, -0.25) is 9.59 Å². The van der Waals surface area contributed by atoms with Crippen LogP contribution >= 0.6 is 0 Å². The number of carbonyl (C=O) groups is 2. The topological polar surface area (TPSA) is 63.6 Å². The molecule has 0 rings (SSSR count). The number of unbranched alkanes of at least 4 members (excludes halogenated alkanes) is 3. The van der Waals surface area contributed by atoms with Crippen molar-refractivity contribution in [1.82, 2.24) is 0 Å². The van der Waals surface area contributed by atoms with Crippen LogP contribution in [0.1, 0.15) is 66.2 Å². The lowest BCUT2D eigenvalue weighted by Gasteiger charge is -2.22. The number of carbonyl (C=O) groups excluding carboxylic acids is 1. The third-order valence-electron chi connectivity index (χ3n) is 3.21. The Bertz CT molecular complexity index is 284. The van der Waals surface area contributed by atoms with Crippen molar-refractivity contribution in [2.75, 3.05) is 6.61 Å². The lowest BCUT2D eigenvalue weighted by Crippen LogP contribution is -2.27. The first-order valence-electron chi connectivity index (χ1n) is 7.18. The summed E-state index contributed by atoms with van der Waals surface area (Å²) in [7, 11) is 0. The van der Waals surface area contributed by atoms with E-state index >= 15 is 0 Å². The monoisotopic (exact) mass is 272 g/mol. The molecule has 1 N–H and O–H groups in total. The minimum Gasteiger partial charge on any atom is -0.481 e. The van der Waals surface area contributed by atoms with Gasteiger partial charge in [0.15, 0.2) is 0 Å². The van der Waals surface area contributed by atoms with E-state index in [9.17, 15) is 9.59 Å². The van der Waals surface area contributed by atoms with Crippen LogP contribution < -0.4 is 0 Å². The van der Waals surface area contributed by atoms with Crippen molar-refractivity contribution in [3.8, 4) is 0 Å². The molecule has 0 aromatic carbocycles. The van der Waals surface area contributed by atoms with Crippen LogP contribution in [0.2, 0.25) is 0 Å². The zero-order chi connectivity index (χ0) is 14.9. The SMILES string of the molecule is CCCCCCOC(=O)CC(C)CC(C)(C)C(=O)O. The number of ether oxygens (including phenoxy) is 1. The molecule has 19 heavy (non-hydrogen) atoms. The fourth-order valence-electron chi connectivity index (χ4n) is 2.09. The highest BCUT2D eigenvalue weighted by Gasteiger charge is 2.29. The van der Waals surface area contributed by atoms with E-state index in [0.29, 0.717) is 19.4 Å². The maximum atomic E-state index is 11.6. The van der Waals surface area contributed by atoms with Gasteiger partial charge < -0.3 is 9.84 Å². The smallest absolute Gasteiger partial charge is 0.309 e. The lowest BCUT2D eigenvalue weighted by atomic mass is 9.82. The van der Waals surface area contributed by atoms with E-state index in [0.717, 1.165) is 19.3 Å². The fraction of sp³-hybridized carbons (Fsp3) is 0.867. The van der Waals surface area contributed by atoms with Gasteiger partial charge in [0.05, 0.1) is 12.0 Å². The summed E-state index contributed by atoms with van der Waals surface area (Å²) in [6.07, 6.45) is 5.10. The van der Waals surface area contributed by atoms with Gasteiger partial charge in [0.25, 0.3) is 0 Å². The van der Waals surface area contributed by atoms with Crippen LogP contribution in [0.3, 0.4) is 0 Å². The normalized spacial score (nSPS) is 13.1. The predicted molar refractivity (Wildman–Crippen MR) is 74.9 cm³/mol. The van der Waals surface area contributed by atoms with Crippen LogP contribution in [0.15, 0.2) is 0 Å². The minimum absolute atomic E-state index is 0.0224. The van der Waals surface area contributed by atoms with Crippen molar-refractivity contribution in [1.29, 1.82) is 0 Å². The van der Waals surface area contributed by atoms with Crippen LogP contribution in [0.25, 0.3) is 0 Å². The second kappa shape index (κ2) is 8.94. The van der Waals surface area contributed by atoms with E-state index in [1.165, 1.54) is 6.42 Å². The average Bonchev–Trinajstić information content (AvgIpc) is 2.27. The van der Waals surface area contributed by atoms with Crippen LogP contribution in [-0.4, -0.2) is 23.7 Å². The first-order valence-corrected chi connectivity index (χ1v) is 7.18. The second-order valence-electron chi connectivity index (χ2n) is 5.98. The molecule has 0 saturated carbocycles. The van der Waals surface area contributed by atoms with E-state index in [-0.39, 0.29) is 11.9 Å². The fourth-order valence-corrected chi connectivity index (χ4v) is 2.09. The number of hydrogen-bond donors (Lipinski definition) is 1. The summed E-state index contributed by atoms with van der Waals surface area (Å²) in [6.45, 7) is 7.87. The van der Waals surface area contributed by atoms with Crippen molar-refractivity contribution in [2.24, 2.45) is 11.3 Å². The van der Waals surface area contributed by atoms with Gasteiger partial charge in [-0.25, -0.2) is 0 Å². The molecule has 4 nitrogen and oxygen atoms in total. The molecule has 0 bridgehead atoms. The maximum absolute atomic E-state index is 11.6. The van der Waals surface area contributed by atoms with Crippen molar-refractivity contribution in [3.05, 3.63) is 0 Å². The number of carboxylic acid groups (broad SMARTS) is 1. The van der Waals surface area contributed by atoms with Gasteiger partial charge in [-0.2, -0.15) is 0 Å². The molecule has 0 amide bonds. The Kier molecular flexibility index (Phi) is 8.44. The molecular formula is C15H28O4. The molecule has 4 heteroatoms. The van der Waals surface area contributed by atoms with E-state index in [1.54, 1.807) is 13.8 Å². The summed E-state index contributed by atoms with van der Waals surface area (Å²) in [5.41, 5.74) is -0.791. The van der Waals surface area contributed by atoms with Gasteiger partial charge in [0, 0.05) is 6.42 Å². The highest BCUT2D eigenvalue weighted by atomic mass is 16.5. The van der Waals surface area contributed by atoms with E-state index in [2.05, 4.69) is 6.92 Å². The number of hydrogen-bond acceptors (Lipinski definition) is 3. The van der Waals surface area contributed by atoms with Crippen molar-refractivity contribution in [2.45, 2.75) is 66.2 Å². The van der Waals surface area contributed by atoms with Gasteiger partial charge >= 0.3 is 11.9 Å². The molecular weight excluding hydrogens is 244 g/mol. The highest BCUT2D eigenvalue weighted by molar-refractivity contribution is 5.74. The zero-order valence-corrected chi connectivity index (χ0v) is 12.7. The first-order chi connectivity index (χ1) is 8.79. The summed E-state index contributed by atoms with van der Waals surface area (Å²) in [6, 6.07) is 0. The predicted octanol–water partition coefficient (Wildman–Crippen LogP) is 3.64. The summed E-state index contributed by atoms with van der Waals surface area (Å²) in [5, 5.41) is 9.03. The van der Waals surface area contributed by atoms with Crippen molar-refractivity contribution < 1.29 is 19.4 Å². The Morgan fingerprint density at radius 2 is 1.84 bits per heavy atom. The zero-order valence-electron chi connectivity index (χ0n) is 12.7. The number of carboxylic acids is 1. The Morgan fingerprint density at radius 3 is 2.37 bits per heavy atom. The molecule has 0 aliphatic rings. The van der Waals surface area contributed by atoms with Crippen LogP contribution in [-0.2, 0) is 14.3 Å². The quantitative estimate of drug-likeness (QED) is 0.487. The second-order valence-corrected chi connectivity index (χ2v) is 5.98. The summed E-state index contributed by atoms with van der Waals surface area (Å²) in [4.78, 5) is 22.6. The highest BCUT2D eigenvalue weighted by Crippen LogP contribution is 2.27. The van der Waals surface area contributed by atoms with Crippen molar-refractivity contribution >= 4 is 11.9 Å². The molecule has 0 spiro atoms. The van der Waals surface area contributed by atoms with E-state index in [1.807, 2.05) is 6.92 Å². The van der Waals surface area contributed by atoms with Gasteiger partial charge in [0.1, 0.15) is 0 Å². The minimum atomic E-state index is -0.827. The summed E-state index contributed by atoms with van der Waals surface area (Å²) in [5.74, 6) is -1.02. The number of esters is 1. The van der Waals surface area contributed by atoms with E-state index in [4.69, 9.17) is 9.84 Å². The summed E-state index contributed by atoms with van der Waals surface area (Å²) >= 11 is 0. The Hall–Kier alpha value is -1.06. The molecule has 1 unspecified atom stereocenters. The van der Waals surface area contributed by atoms with Crippen LogP contribution in [0.5, 0.6) is 0 Å². The molecule has 0 heterocycles. The standard InChI is InChI=1S/C15H28O4/c1-5-6-7-8-9-19-13(16)10-12(2)11-15(3,4)14(17)18/h12H,5-11H2,1-4H3,(H,17,18). The Balaban J connectivity index is 3.84. The molecule has 0 aliphatic carbocycles.